The molecule has 16 aromatic rings. The molecule has 338 valence electrons. The second-order valence-corrected chi connectivity index (χ2v) is 19.1. The van der Waals surface area contributed by atoms with Gasteiger partial charge in [0.25, 0.3) is 0 Å². The molecule has 0 aliphatic carbocycles. The van der Waals surface area contributed by atoms with E-state index in [-0.39, 0.29) is 0 Å². The lowest BCUT2D eigenvalue weighted by Gasteiger charge is -2.17. The molecule has 0 amide bonds. The van der Waals surface area contributed by atoms with Crippen molar-refractivity contribution < 1.29 is 0 Å². The molecule has 16 rings (SSSR count). The lowest BCUT2D eigenvalue weighted by atomic mass is 9.89. The van der Waals surface area contributed by atoms with Crippen LogP contribution in [0.5, 0.6) is 0 Å². The number of aromatic nitrogens is 6. The predicted molar refractivity (Wildman–Crippen MR) is 304 cm³/mol. The third kappa shape index (κ3) is 5.66. The van der Waals surface area contributed by atoms with Crippen LogP contribution in [0, 0.1) is 0 Å². The van der Waals surface area contributed by atoms with E-state index in [9.17, 15) is 0 Å². The van der Waals surface area contributed by atoms with Crippen molar-refractivity contribution in [2.24, 2.45) is 0 Å². The van der Waals surface area contributed by atoms with Gasteiger partial charge in [-0.2, -0.15) is 9.97 Å². The molecule has 6 nitrogen and oxygen atoms in total. The average Bonchev–Trinajstić information content (AvgIpc) is 4.12. The molecule has 0 bridgehead atoms. The van der Waals surface area contributed by atoms with E-state index in [1.54, 1.807) is 0 Å². The van der Waals surface area contributed by atoms with Gasteiger partial charge in [0.1, 0.15) is 0 Å². The van der Waals surface area contributed by atoms with Crippen LogP contribution in [0.3, 0.4) is 0 Å². The lowest BCUT2D eigenvalue weighted by molar-refractivity contribution is 0.955. The van der Waals surface area contributed by atoms with Crippen LogP contribution < -0.4 is 0 Å². The first kappa shape index (κ1) is 39.9. The van der Waals surface area contributed by atoms with Gasteiger partial charge in [0, 0.05) is 65.6 Å². The van der Waals surface area contributed by atoms with E-state index in [1.165, 1.54) is 59.4 Å². The van der Waals surface area contributed by atoms with Crippen LogP contribution in [0.25, 0.3) is 149 Å². The van der Waals surface area contributed by atoms with Crippen LogP contribution in [0.1, 0.15) is 0 Å². The molecule has 0 spiro atoms. The summed E-state index contributed by atoms with van der Waals surface area (Å²) in [6.45, 7) is 0. The minimum Gasteiger partial charge on any atom is -0.309 e. The average molecular weight is 929 g/mol. The fourth-order valence-corrected chi connectivity index (χ4v) is 12.2. The minimum atomic E-state index is 0.548. The highest BCUT2D eigenvalue weighted by Gasteiger charge is 2.28. The number of rotatable bonds is 5. The SMILES string of the molecule is c1ccc(-c2nc(-c3ccccc3)nc(-n3c4c(c5ccccc5c5c6ccccc6c6ccccc6c54)c4ccc5c6ccccc6n(-c6ccc7c(c6)c6ccccc6n7-c6ccccc6)c5c43)n2)cc1. The highest BCUT2D eigenvalue weighted by atomic mass is 15.2. The second kappa shape index (κ2) is 15.3. The van der Waals surface area contributed by atoms with Gasteiger partial charge < -0.3 is 9.13 Å². The molecule has 0 aliphatic rings. The summed E-state index contributed by atoms with van der Waals surface area (Å²) in [6.07, 6.45) is 0. The van der Waals surface area contributed by atoms with Crippen LogP contribution in [-0.4, -0.2) is 28.7 Å². The molecule has 0 unspecified atom stereocenters. The van der Waals surface area contributed by atoms with E-state index in [2.05, 4.69) is 220 Å². The molecule has 4 heterocycles. The van der Waals surface area contributed by atoms with Crippen molar-refractivity contribution in [2.45, 2.75) is 0 Å². The van der Waals surface area contributed by atoms with Gasteiger partial charge in [0.15, 0.2) is 11.6 Å². The Morgan fingerprint density at radius 3 is 1.29 bits per heavy atom. The van der Waals surface area contributed by atoms with Gasteiger partial charge in [0.2, 0.25) is 5.95 Å². The molecule has 73 heavy (non-hydrogen) atoms. The number of hydrogen-bond donors (Lipinski definition) is 0. The maximum atomic E-state index is 5.60. The lowest BCUT2D eigenvalue weighted by Crippen LogP contribution is -2.07. The van der Waals surface area contributed by atoms with Crippen LogP contribution >= 0.6 is 0 Å². The van der Waals surface area contributed by atoms with Crippen molar-refractivity contribution in [3.63, 3.8) is 0 Å². The Morgan fingerprint density at radius 2 is 0.671 bits per heavy atom. The molecule has 0 fully saturated rings. The van der Waals surface area contributed by atoms with Crippen molar-refractivity contribution in [3.05, 3.63) is 243 Å². The van der Waals surface area contributed by atoms with Gasteiger partial charge in [0.05, 0.1) is 33.1 Å². The standard InChI is InChI=1S/C67H40N6/c1-4-20-41(21-5-1)65-68-66(42-22-6-2-7-23-42)70-67(69-65)73-63-54(60-52-33-15-14-32-51(52)59-49-30-12-10-26-45(49)46-27-11-13-31-50(46)61(59)64(60)73)38-37-53-47-28-16-19-35-57(47)72(62(53)63)44-36-39-58-55(40-44)48-29-17-18-34-56(48)71(58)43-24-8-3-9-25-43/h1-40H. The Morgan fingerprint density at radius 1 is 0.233 bits per heavy atom. The molecular formula is C67H40N6. The summed E-state index contributed by atoms with van der Waals surface area (Å²) < 4.78 is 7.28. The van der Waals surface area contributed by atoms with Gasteiger partial charge in [-0.3, -0.25) is 4.57 Å². The summed E-state index contributed by atoms with van der Waals surface area (Å²) in [5, 5.41) is 16.5. The number of para-hydroxylation sites is 3. The van der Waals surface area contributed by atoms with Crippen LogP contribution in [0.15, 0.2) is 243 Å². The van der Waals surface area contributed by atoms with Crippen molar-refractivity contribution in [2.75, 3.05) is 0 Å². The summed E-state index contributed by atoms with van der Waals surface area (Å²) >= 11 is 0. The van der Waals surface area contributed by atoms with Crippen molar-refractivity contribution >= 4 is 109 Å². The monoisotopic (exact) mass is 928 g/mol. The van der Waals surface area contributed by atoms with Crippen molar-refractivity contribution in [3.8, 4) is 40.1 Å². The molecule has 0 atom stereocenters. The molecule has 12 aromatic carbocycles. The van der Waals surface area contributed by atoms with Gasteiger partial charge in [-0.25, -0.2) is 4.98 Å². The largest absolute Gasteiger partial charge is 0.309 e. The molecular weight excluding hydrogens is 889 g/mol. The first-order valence-electron chi connectivity index (χ1n) is 24.9. The van der Waals surface area contributed by atoms with Crippen LogP contribution in [0.4, 0.5) is 0 Å². The zero-order chi connectivity index (χ0) is 47.7. The Bertz CT molecular complexity index is 4890. The summed E-state index contributed by atoms with van der Waals surface area (Å²) in [5.41, 5.74) is 10.6. The van der Waals surface area contributed by atoms with Crippen molar-refractivity contribution in [1.29, 1.82) is 0 Å². The smallest absolute Gasteiger partial charge is 0.238 e. The maximum Gasteiger partial charge on any atom is 0.238 e. The van der Waals surface area contributed by atoms with Crippen LogP contribution in [-0.2, 0) is 0 Å². The van der Waals surface area contributed by atoms with E-state index >= 15 is 0 Å². The minimum absolute atomic E-state index is 0.548. The third-order valence-electron chi connectivity index (χ3n) is 15.2. The Hall–Kier alpha value is -9.91. The molecule has 0 saturated carbocycles. The van der Waals surface area contributed by atoms with Gasteiger partial charge in [-0.1, -0.05) is 200 Å². The molecule has 0 saturated heterocycles. The highest BCUT2D eigenvalue weighted by molar-refractivity contribution is 6.43. The van der Waals surface area contributed by atoms with E-state index in [0.29, 0.717) is 17.6 Å². The maximum absolute atomic E-state index is 5.60. The Labute approximate surface area is 417 Å². The summed E-state index contributed by atoms with van der Waals surface area (Å²) in [7, 11) is 0. The van der Waals surface area contributed by atoms with Gasteiger partial charge in [-0.05, 0) is 74.8 Å². The number of hydrogen-bond acceptors (Lipinski definition) is 3. The summed E-state index contributed by atoms with van der Waals surface area (Å²) in [4.78, 5) is 16.4. The quantitative estimate of drug-likeness (QED) is 0.162. The van der Waals surface area contributed by atoms with Gasteiger partial charge >= 0.3 is 0 Å². The van der Waals surface area contributed by atoms with Gasteiger partial charge in [-0.15, -0.1) is 0 Å². The summed E-state index contributed by atoms with van der Waals surface area (Å²) in [5.74, 6) is 1.76. The molecule has 4 aromatic heterocycles. The Balaban J connectivity index is 1.15. The van der Waals surface area contributed by atoms with E-state index in [4.69, 9.17) is 15.0 Å². The zero-order valence-electron chi connectivity index (χ0n) is 39.3. The normalized spacial score (nSPS) is 12.1. The number of nitrogens with zero attached hydrogens (tertiary/aromatic N) is 6. The highest BCUT2D eigenvalue weighted by Crippen LogP contribution is 2.50. The van der Waals surface area contributed by atoms with E-state index in [0.717, 1.165) is 71.6 Å². The fraction of sp³-hybridized carbons (Fsp3) is 0. The Kier molecular flexibility index (Phi) is 8.36. The zero-order valence-corrected chi connectivity index (χ0v) is 39.3. The summed E-state index contributed by atoms with van der Waals surface area (Å²) in [6, 6.07) is 87.4. The second-order valence-electron chi connectivity index (χ2n) is 19.1. The van der Waals surface area contributed by atoms with E-state index < -0.39 is 0 Å². The first-order valence-corrected chi connectivity index (χ1v) is 24.9. The topological polar surface area (TPSA) is 53.5 Å². The van der Waals surface area contributed by atoms with Crippen molar-refractivity contribution in [1.82, 2.24) is 28.7 Å². The number of fused-ring (bicyclic) bond motifs is 20. The molecule has 0 aliphatic heterocycles. The number of benzene rings is 12. The molecule has 6 heteroatoms. The first-order chi connectivity index (χ1) is 36.3. The molecule has 0 radical (unpaired) electrons. The van der Waals surface area contributed by atoms with E-state index in [1.807, 2.05) is 36.4 Å². The fourth-order valence-electron chi connectivity index (χ4n) is 12.2. The van der Waals surface area contributed by atoms with Crippen LogP contribution in [0.2, 0.25) is 0 Å². The predicted octanol–water partition coefficient (Wildman–Crippen LogP) is 17.1. The third-order valence-corrected chi connectivity index (χ3v) is 15.2. The molecule has 0 N–H and O–H groups in total.